The van der Waals surface area contributed by atoms with Gasteiger partial charge in [0.15, 0.2) is 5.78 Å². The summed E-state index contributed by atoms with van der Waals surface area (Å²) < 4.78 is 0. The maximum absolute atomic E-state index is 11.2. The number of ketones is 1. The number of hydrogen-bond donors (Lipinski definition) is 1. The molecule has 0 amide bonds. The first-order valence-electron chi connectivity index (χ1n) is 3.97. The van der Waals surface area contributed by atoms with Crippen molar-refractivity contribution in [3.05, 3.63) is 0 Å². The van der Waals surface area contributed by atoms with Crippen LogP contribution in [0.4, 0.5) is 0 Å². The van der Waals surface area contributed by atoms with E-state index >= 15 is 0 Å². The number of nitriles is 1. The Labute approximate surface area is 71.9 Å². The van der Waals surface area contributed by atoms with Crippen LogP contribution in [0.25, 0.3) is 0 Å². The second-order valence-corrected chi connectivity index (χ2v) is 4.06. The number of carbonyl (C=O) groups excluding carboxylic acids is 1. The zero-order valence-electron chi connectivity index (χ0n) is 7.35. The van der Waals surface area contributed by atoms with Gasteiger partial charge in [-0.15, -0.1) is 0 Å². The van der Waals surface area contributed by atoms with Crippen LogP contribution in [-0.2, 0) is 4.79 Å². The molecule has 1 fully saturated rings. The smallest absolute Gasteiger partial charge is 0.178 e. The highest BCUT2D eigenvalue weighted by molar-refractivity contribution is 6.40. The largest absolute Gasteiger partial charge is 0.300 e. The summed E-state index contributed by atoms with van der Waals surface area (Å²) in [7, 11) is 0. The highest BCUT2D eigenvalue weighted by atomic mass is 16.1. The molecule has 64 valence electrons. The maximum Gasteiger partial charge on any atom is 0.178 e. The Morgan fingerprint density at radius 1 is 1.67 bits per heavy atom. The molecule has 0 aromatic heterocycles. The van der Waals surface area contributed by atoms with Gasteiger partial charge in [0.25, 0.3) is 0 Å². The third-order valence-corrected chi connectivity index (χ3v) is 2.20. The molecule has 0 aromatic carbocycles. The fraction of sp³-hybridized carbons (Fsp3) is 0.667. The highest BCUT2D eigenvalue weighted by Crippen LogP contribution is 2.34. The van der Waals surface area contributed by atoms with E-state index in [0.29, 0.717) is 12.8 Å². The summed E-state index contributed by atoms with van der Waals surface area (Å²) >= 11 is 0. The predicted octanol–water partition coefficient (Wildman–Crippen LogP) is 1.54. The first-order valence-corrected chi connectivity index (χ1v) is 3.97. The van der Waals surface area contributed by atoms with Gasteiger partial charge in [0.1, 0.15) is 0 Å². The summed E-state index contributed by atoms with van der Waals surface area (Å²) in [5.41, 5.74) is -0.112. The standard InChI is InChI=1S/C9H12N2O/c1-9(2)3-6(5-10)8(11)7(12)4-9/h6,11H,3-4H2,1-2H3. The molecule has 1 rings (SSSR count). The van der Waals surface area contributed by atoms with Crippen molar-refractivity contribution in [2.24, 2.45) is 11.3 Å². The van der Waals surface area contributed by atoms with E-state index in [1.54, 1.807) is 0 Å². The zero-order chi connectivity index (χ0) is 9.35. The fourth-order valence-electron chi connectivity index (χ4n) is 1.56. The molecule has 1 unspecified atom stereocenters. The minimum atomic E-state index is -0.485. The lowest BCUT2D eigenvalue weighted by molar-refractivity contribution is -0.116. The summed E-state index contributed by atoms with van der Waals surface area (Å²) in [5.74, 6) is -0.654. The van der Waals surface area contributed by atoms with Gasteiger partial charge in [-0.05, 0) is 11.8 Å². The number of hydrogen-bond acceptors (Lipinski definition) is 3. The normalized spacial score (nSPS) is 28.2. The van der Waals surface area contributed by atoms with E-state index in [1.807, 2.05) is 19.9 Å². The molecule has 1 aliphatic rings. The molecule has 0 spiro atoms. The minimum absolute atomic E-state index is 0.00294. The van der Waals surface area contributed by atoms with Gasteiger partial charge in [-0.3, -0.25) is 4.79 Å². The molecule has 1 N–H and O–H groups in total. The van der Waals surface area contributed by atoms with E-state index in [-0.39, 0.29) is 16.9 Å². The third kappa shape index (κ3) is 1.53. The van der Waals surface area contributed by atoms with Crippen molar-refractivity contribution in [3.63, 3.8) is 0 Å². The molecule has 0 aromatic rings. The van der Waals surface area contributed by atoms with Crippen LogP contribution in [0.5, 0.6) is 0 Å². The van der Waals surface area contributed by atoms with Crippen molar-refractivity contribution >= 4 is 11.5 Å². The van der Waals surface area contributed by atoms with Crippen LogP contribution in [-0.4, -0.2) is 11.5 Å². The molecule has 0 aliphatic heterocycles. The lowest BCUT2D eigenvalue weighted by Crippen LogP contribution is -2.36. The maximum atomic E-state index is 11.2. The number of rotatable bonds is 0. The minimum Gasteiger partial charge on any atom is -0.300 e. The van der Waals surface area contributed by atoms with Gasteiger partial charge >= 0.3 is 0 Å². The predicted molar refractivity (Wildman–Crippen MR) is 44.9 cm³/mol. The monoisotopic (exact) mass is 164 g/mol. The van der Waals surface area contributed by atoms with Crippen molar-refractivity contribution in [2.45, 2.75) is 26.7 Å². The topological polar surface area (TPSA) is 64.7 Å². The molecule has 3 nitrogen and oxygen atoms in total. The van der Waals surface area contributed by atoms with Crippen LogP contribution >= 0.6 is 0 Å². The van der Waals surface area contributed by atoms with Gasteiger partial charge in [0.05, 0.1) is 17.7 Å². The first kappa shape index (κ1) is 8.92. The summed E-state index contributed by atoms with van der Waals surface area (Å²) in [6.07, 6.45) is 1.04. The Kier molecular flexibility index (Phi) is 2.01. The molecule has 0 saturated heterocycles. The van der Waals surface area contributed by atoms with Crippen LogP contribution in [0.1, 0.15) is 26.7 Å². The van der Waals surface area contributed by atoms with E-state index < -0.39 is 5.92 Å². The van der Waals surface area contributed by atoms with Crippen molar-refractivity contribution in [2.75, 3.05) is 0 Å². The Hall–Kier alpha value is -1.17. The molecular formula is C9H12N2O. The lowest BCUT2D eigenvalue weighted by Gasteiger charge is -2.31. The zero-order valence-corrected chi connectivity index (χ0v) is 7.35. The summed E-state index contributed by atoms with van der Waals surface area (Å²) in [6.45, 7) is 3.92. The molecular weight excluding hydrogens is 152 g/mol. The first-order chi connectivity index (χ1) is 5.46. The molecule has 0 bridgehead atoms. The van der Waals surface area contributed by atoms with E-state index in [0.717, 1.165) is 0 Å². The van der Waals surface area contributed by atoms with Gasteiger partial charge < -0.3 is 5.41 Å². The Morgan fingerprint density at radius 3 is 2.75 bits per heavy atom. The average Bonchev–Trinajstić information content (AvgIpc) is 1.96. The third-order valence-electron chi connectivity index (χ3n) is 2.20. The number of nitrogens with zero attached hydrogens (tertiary/aromatic N) is 1. The molecule has 0 heterocycles. The van der Waals surface area contributed by atoms with Crippen molar-refractivity contribution in [1.82, 2.24) is 0 Å². The Bertz CT molecular complexity index is 273. The van der Waals surface area contributed by atoms with Crippen LogP contribution in [0.15, 0.2) is 0 Å². The summed E-state index contributed by atoms with van der Waals surface area (Å²) in [4.78, 5) is 11.2. The highest BCUT2D eigenvalue weighted by Gasteiger charge is 2.36. The van der Waals surface area contributed by atoms with Gasteiger partial charge in [0.2, 0.25) is 0 Å². The molecule has 12 heavy (non-hydrogen) atoms. The number of nitrogens with one attached hydrogen (secondary N) is 1. The lowest BCUT2D eigenvalue weighted by atomic mass is 9.71. The number of Topliss-reactive ketones (excluding diaryl/α,β-unsaturated/α-hetero) is 1. The van der Waals surface area contributed by atoms with Crippen LogP contribution in [0, 0.1) is 28.1 Å². The summed E-state index contributed by atoms with van der Waals surface area (Å²) in [6, 6.07) is 1.99. The van der Waals surface area contributed by atoms with E-state index in [4.69, 9.17) is 10.7 Å². The SMILES string of the molecule is CC1(C)CC(=O)C(=N)C(C#N)C1. The molecule has 1 aliphatic carbocycles. The molecule has 1 saturated carbocycles. The summed E-state index contributed by atoms with van der Waals surface area (Å²) in [5, 5.41) is 16.0. The van der Waals surface area contributed by atoms with E-state index in [9.17, 15) is 4.79 Å². The van der Waals surface area contributed by atoms with Crippen molar-refractivity contribution in [3.8, 4) is 6.07 Å². The second kappa shape index (κ2) is 2.71. The van der Waals surface area contributed by atoms with Crippen LogP contribution < -0.4 is 0 Å². The van der Waals surface area contributed by atoms with Gasteiger partial charge in [-0.1, -0.05) is 13.8 Å². The van der Waals surface area contributed by atoms with Crippen molar-refractivity contribution in [1.29, 1.82) is 10.7 Å². The van der Waals surface area contributed by atoms with Crippen LogP contribution in [0.3, 0.4) is 0 Å². The Morgan fingerprint density at radius 2 is 2.25 bits per heavy atom. The average molecular weight is 164 g/mol. The Balaban J connectivity index is 2.88. The molecule has 0 radical (unpaired) electrons. The second-order valence-electron chi connectivity index (χ2n) is 4.06. The van der Waals surface area contributed by atoms with E-state index in [2.05, 4.69) is 0 Å². The molecule has 1 atom stereocenters. The van der Waals surface area contributed by atoms with Crippen LogP contribution in [0.2, 0.25) is 0 Å². The fourth-order valence-corrected chi connectivity index (χ4v) is 1.56. The molecule has 3 heteroatoms. The van der Waals surface area contributed by atoms with Gasteiger partial charge in [0, 0.05) is 6.42 Å². The quantitative estimate of drug-likeness (QED) is 0.590. The van der Waals surface area contributed by atoms with Gasteiger partial charge in [-0.25, -0.2) is 0 Å². The van der Waals surface area contributed by atoms with Crippen molar-refractivity contribution < 1.29 is 4.79 Å². The number of carbonyl (C=O) groups is 1. The van der Waals surface area contributed by atoms with Gasteiger partial charge in [-0.2, -0.15) is 5.26 Å². The van der Waals surface area contributed by atoms with E-state index in [1.165, 1.54) is 0 Å².